The van der Waals surface area contributed by atoms with Crippen molar-refractivity contribution in [3.8, 4) is 0 Å². The molecule has 0 radical (unpaired) electrons. The van der Waals surface area contributed by atoms with Crippen molar-refractivity contribution in [2.45, 2.75) is 32.6 Å². The van der Waals surface area contributed by atoms with E-state index < -0.39 is 0 Å². The Kier molecular flexibility index (Phi) is 4.89. The molecule has 1 aliphatic rings. The molecule has 0 aromatic heterocycles. The SMILES string of the molecule is CCC(=O)CCC1=C(c2ccc(Cl)cc2)c2ccc(Cl)cc2C1. The van der Waals surface area contributed by atoms with Crippen LogP contribution in [-0.2, 0) is 11.2 Å². The molecule has 0 saturated carbocycles. The Hall–Kier alpha value is -1.57. The molecule has 0 N–H and O–H groups in total. The first-order valence-electron chi connectivity index (χ1n) is 7.87. The molecule has 0 atom stereocenters. The van der Waals surface area contributed by atoms with E-state index in [0.29, 0.717) is 18.6 Å². The second-order valence-electron chi connectivity index (χ2n) is 5.86. The van der Waals surface area contributed by atoms with Crippen molar-refractivity contribution in [3.05, 3.63) is 74.8 Å². The number of halogens is 2. The lowest BCUT2D eigenvalue weighted by molar-refractivity contribution is -0.118. The Balaban J connectivity index is 2.02. The van der Waals surface area contributed by atoms with Crippen LogP contribution in [0, 0.1) is 0 Å². The number of allylic oxidation sites excluding steroid dienone is 1. The van der Waals surface area contributed by atoms with E-state index in [-0.39, 0.29) is 0 Å². The molecule has 23 heavy (non-hydrogen) atoms. The molecule has 0 bridgehead atoms. The first-order valence-corrected chi connectivity index (χ1v) is 8.62. The van der Waals surface area contributed by atoms with E-state index in [1.54, 1.807) is 0 Å². The summed E-state index contributed by atoms with van der Waals surface area (Å²) in [5, 5.41) is 1.48. The third kappa shape index (κ3) is 3.52. The number of fused-ring (bicyclic) bond motifs is 1. The smallest absolute Gasteiger partial charge is 0.132 e. The van der Waals surface area contributed by atoms with Crippen molar-refractivity contribution in [1.29, 1.82) is 0 Å². The Morgan fingerprint density at radius 2 is 1.74 bits per heavy atom. The molecule has 118 valence electrons. The third-order valence-electron chi connectivity index (χ3n) is 4.33. The summed E-state index contributed by atoms with van der Waals surface area (Å²) in [6.45, 7) is 1.92. The van der Waals surface area contributed by atoms with Gasteiger partial charge in [0, 0.05) is 22.9 Å². The lowest BCUT2D eigenvalue weighted by atomic mass is 9.95. The van der Waals surface area contributed by atoms with Crippen LogP contribution in [0.3, 0.4) is 0 Å². The standard InChI is InChI=1S/C20H18Cl2O/c1-2-18(23)9-5-14-11-15-12-17(22)8-10-19(15)20(14)13-3-6-16(21)7-4-13/h3-4,6-8,10,12H,2,5,9,11H2,1H3. The van der Waals surface area contributed by atoms with Crippen LogP contribution in [-0.4, -0.2) is 5.78 Å². The maximum absolute atomic E-state index is 11.7. The van der Waals surface area contributed by atoms with Gasteiger partial charge in [0.05, 0.1) is 0 Å². The van der Waals surface area contributed by atoms with Gasteiger partial charge in [0.25, 0.3) is 0 Å². The van der Waals surface area contributed by atoms with Crippen LogP contribution >= 0.6 is 23.2 Å². The van der Waals surface area contributed by atoms with E-state index in [2.05, 4.69) is 6.07 Å². The highest BCUT2D eigenvalue weighted by molar-refractivity contribution is 6.31. The molecular formula is C20H18Cl2O. The molecule has 0 amide bonds. The summed E-state index contributed by atoms with van der Waals surface area (Å²) in [7, 11) is 0. The fourth-order valence-electron chi connectivity index (χ4n) is 3.12. The second-order valence-corrected chi connectivity index (χ2v) is 6.73. The molecule has 0 heterocycles. The fourth-order valence-corrected chi connectivity index (χ4v) is 3.44. The van der Waals surface area contributed by atoms with Crippen molar-refractivity contribution in [2.24, 2.45) is 0 Å². The summed E-state index contributed by atoms with van der Waals surface area (Å²) in [5.41, 5.74) is 6.15. The molecule has 2 aromatic carbocycles. The quantitative estimate of drug-likeness (QED) is 0.639. The normalized spacial score (nSPS) is 13.3. The van der Waals surface area contributed by atoms with Crippen molar-refractivity contribution in [1.82, 2.24) is 0 Å². The lowest BCUT2D eigenvalue weighted by Crippen LogP contribution is -1.97. The Labute approximate surface area is 146 Å². The van der Waals surface area contributed by atoms with Crippen LogP contribution in [0.25, 0.3) is 5.57 Å². The van der Waals surface area contributed by atoms with E-state index in [1.165, 1.54) is 22.3 Å². The highest BCUT2D eigenvalue weighted by Gasteiger charge is 2.23. The average molecular weight is 345 g/mol. The third-order valence-corrected chi connectivity index (χ3v) is 4.81. The van der Waals surface area contributed by atoms with Crippen molar-refractivity contribution >= 4 is 34.6 Å². The number of rotatable bonds is 5. The van der Waals surface area contributed by atoms with Gasteiger partial charge in [-0.1, -0.05) is 53.9 Å². The summed E-state index contributed by atoms with van der Waals surface area (Å²) in [4.78, 5) is 11.7. The molecule has 0 unspecified atom stereocenters. The van der Waals surface area contributed by atoms with E-state index >= 15 is 0 Å². The molecular weight excluding hydrogens is 327 g/mol. The topological polar surface area (TPSA) is 17.1 Å². The van der Waals surface area contributed by atoms with E-state index in [4.69, 9.17) is 23.2 Å². The maximum Gasteiger partial charge on any atom is 0.132 e. The molecule has 0 aliphatic heterocycles. The Morgan fingerprint density at radius 3 is 2.43 bits per heavy atom. The van der Waals surface area contributed by atoms with Gasteiger partial charge in [0.1, 0.15) is 5.78 Å². The van der Waals surface area contributed by atoms with Crippen LogP contribution in [0.1, 0.15) is 42.9 Å². The predicted molar refractivity (Wildman–Crippen MR) is 97.2 cm³/mol. The number of Topliss-reactive ketones (excluding diaryl/α,β-unsaturated/α-hetero) is 1. The molecule has 1 aliphatic carbocycles. The molecule has 3 rings (SSSR count). The van der Waals surface area contributed by atoms with Gasteiger partial charge in [-0.3, -0.25) is 4.79 Å². The number of carbonyl (C=O) groups excluding carboxylic acids is 1. The van der Waals surface area contributed by atoms with Gasteiger partial charge in [-0.25, -0.2) is 0 Å². The van der Waals surface area contributed by atoms with E-state index in [9.17, 15) is 4.79 Å². The van der Waals surface area contributed by atoms with E-state index in [0.717, 1.165) is 28.5 Å². The van der Waals surface area contributed by atoms with Gasteiger partial charge >= 0.3 is 0 Å². The lowest BCUT2D eigenvalue weighted by Gasteiger charge is -2.09. The highest BCUT2D eigenvalue weighted by Crippen LogP contribution is 2.40. The summed E-state index contributed by atoms with van der Waals surface area (Å²) in [6, 6.07) is 13.9. The molecule has 3 heteroatoms. The predicted octanol–water partition coefficient (Wildman–Crippen LogP) is 6.11. The summed E-state index contributed by atoms with van der Waals surface area (Å²) in [6.07, 6.45) is 2.87. The molecule has 1 nitrogen and oxygen atoms in total. The number of carbonyl (C=O) groups is 1. The van der Waals surface area contributed by atoms with Crippen LogP contribution in [0.2, 0.25) is 10.0 Å². The zero-order valence-corrected chi connectivity index (χ0v) is 14.5. The fraction of sp³-hybridized carbons (Fsp3) is 0.250. The molecule has 0 fully saturated rings. The Morgan fingerprint density at radius 1 is 1.04 bits per heavy atom. The van der Waals surface area contributed by atoms with Gasteiger partial charge in [-0.2, -0.15) is 0 Å². The minimum Gasteiger partial charge on any atom is -0.300 e. The highest BCUT2D eigenvalue weighted by atomic mass is 35.5. The zero-order chi connectivity index (χ0) is 16.4. The summed E-state index contributed by atoms with van der Waals surface area (Å²) >= 11 is 12.2. The van der Waals surface area contributed by atoms with Crippen molar-refractivity contribution in [3.63, 3.8) is 0 Å². The van der Waals surface area contributed by atoms with Gasteiger partial charge in [-0.15, -0.1) is 0 Å². The summed E-state index contributed by atoms with van der Waals surface area (Å²) in [5.74, 6) is 0.307. The summed E-state index contributed by atoms with van der Waals surface area (Å²) < 4.78 is 0. The van der Waals surface area contributed by atoms with Gasteiger partial charge in [-0.05, 0) is 59.4 Å². The van der Waals surface area contributed by atoms with Crippen LogP contribution in [0.4, 0.5) is 0 Å². The second kappa shape index (κ2) is 6.90. The Bertz CT molecular complexity index is 773. The molecule has 0 saturated heterocycles. The average Bonchev–Trinajstić information content (AvgIpc) is 2.90. The monoisotopic (exact) mass is 344 g/mol. The first-order chi connectivity index (χ1) is 11.1. The number of ketones is 1. The molecule has 0 spiro atoms. The maximum atomic E-state index is 11.7. The van der Waals surface area contributed by atoms with Crippen LogP contribution in [0.15, 0.2) is 48.0 Å². The van der Waals surface area contributed by atoms with Crippen molar-refractivity contribution < 1.29 is 4.79 Å². The zero-order valence-electron chi connectivity index (χ0n) is 13.0. The minimum absolute atomic E-state index is 0.307. The van der Waals surface area contributed by atoms with Gasteiger partial charge in [0.15, 0.2) is 0 Å². The van der Waals surface area contributed by atoms with Crippen LogP contribution in [0.5, 0.6) is 0 Å². The van der Waals surface area contributed by atoms with Crippen LogP contribution < -0.4 is 0 Å². The van der Waals surface area contributed by atoms with Crippen molar-refractivity contribution in [2.75, 3.05) is 0 Å². The minimum atomic E-state index is 0.307. The van der Waals surface area contributed by atoms with Gasteiger partial charge < -0.3 is 0 Å². The van der Waals surface area contributed by atoms with Gasteiger partial charge in [0.2, 0.25) is 0 Å². The molecule has 2 aromatic rings. The van der Waals surface area contributed by atoms with E-state index in [1.807, 2.05) is 43.3 Å². The number of hydrogen-bond donors (Lipinski definition) is 0. The largest absolute Gasteiger partial charge is 0.300 e. The first kappa shape index (κ1) is 16.3. The number of hydrogen-bond acceptors (Lipinski definition) is 1. The number of benzene rings is 2.